The third-order valence-corrected chi connectivity index (χ3v) is 5.09. The molecule has 0 bridgehead atoms. The van der Waals surface area contributed by atoms with Crippen LogP contribution in [-0.4, -0.2) is 74.0 Å². The number of nitrogens with zero attached hydrogens (tertiary/aromatic N) is 2. The van der Waals surface area contributed by atoms with Gasteiger partial charge in [-0.05, 0) is 26.7 Å². The van der Waals surface area contributed by atoms with Gasteiger partial charge in [0.1, 0.15) is 0 Å². The SMILES string of the molecule is CN=C(NCCOCC1CCCO1)N1CCSC(C)(C)C1. The highest BCUT2D eigenvalue weighted by Gasteiger charge is 2.28. The molecule has 2 saturated heterocycles. The van der Waals surface area contributed by atoms with E-state index in [9.17, 15) is 0 Å². The highest BCUT2D eigenvalue weighted by Crippen LogP contribution is 2.29. The highest BCUT2D eigenvalue weighted by atomic mass is 32.2. The minimum absolute atomic E-state index is 0.298. The Kier molecular flexibility index (Phi) is 6.64. The van der Waals surface area contributed by atoms with E-state index in [0.29, 0.717) is 24.1 Å². The van der Waals surface area contributed by atoms with Crippen molar-refractivity contribution in [1.82, 2.24) is 10.2 Å². The molecule has 6 heteroatoms. The van der Waals surface area contributed by atoms with Gasteiger partial charge in [0, 0.05) is 43.8 Å². The molecule has 2 fully saturated rings. The summed E-state index contributed by atoms with van der Waals surface area (Å²) in [6.07, 6.45) is 2.61. The van der Waals surface area contributed by atoms with Crippen LogP contribution >= 0.6 is 11.8 Å². The standard InChI is InChI=1S/C15H29N3O2S/c1-15(2)12-18(7-10-21-15)14(16-3)17-6-9-19-11-13-5-4-8-20-13/h13H,4-12H2,1-3H3,(H,16,17). The van der Waals surface area contributed by atoms with Gasteiger partial charge in [-0.25, -0.2) is 0 Å². The van der Waals surface area contributed by atoms with Gasteiger partial charge < -0.3 is 19.7 Å². The Morgan fingerprint density at radius 3 is 3.05 bits per heavy atom. The Balaban J connectivity index is 1.63. The van der Waals surface area contributed by atoms with Gasteiger partial charge in [-0.1, -0.05) is 0 Å². The first-order chi connectivity index (χ1) is 10.1. The Bertz CT molecular complexity index is 344. The van der Waals surface area contributed by atoms with Crippen molar-refractivity contribution in [3.63, 3.8) is 0 Å². The van der Waals surface area contributed by atoms with E-state index < -0.39 is 0 Å². The quantitative estimate of drug-likeness (QED) is 0.474. The number of guanidine groups is 1. The molecule has 0 aromatic carbocycles. The molecule has 0 aromatic heterocycles. The van der Waals surface area contributed by atoms with E-state index in [0.717, 1.165) is 44.4 Å². The first-order valence-corrected chi connectivity index (χ1v) is 8.88. The molecular formula is C15H29N3O2S. The van der Waals surface area contributed by atoms with Crippen LogP contribution in [0.3, 0.4) is 0 Å². The molecule has 0 amide bonds. The summed E-state index contributed by atoms with van der Waals surface area (Å²) >= 11 is 2.04. The molecule has 1 atom stereocenters. The molecule has 0 saturated carbocycles. The van der Waals surface area contributed by atoms with Gasteiger partial charge >= 0.3 is 0 Å². The molecule has 2 aliphatic rings. The lowest BCUT2D eigenvalue weighted by molar-refractivity contribution is 0.0190. The van der Waals surface area contributed by atoms with Crippen molar-refractivity contribution in [2.24, 2.45) is 4.99 Å². The van der Waals surface area contributed by atoms with E-state index >= 15 is 0 Å². The van der Waals surface area contributed by atoms with Gasteiger partial charge in [-0.2, -0.15) is 11.8 Å². The Morgan fingerprint density at radius 2 is 2.38 bits per heavy atom. The van der Waals surface area contributed by atoms with Crippen molar-refractivity contribution in [3.05, 3.63) is 0 Å². The molecule has 0 aromatic rings. The molecule has 2 aliphatic heterocycles. The predicted octanol–water partition coefficient (Wildman–Crippen LogP) is 1.58. The average Bonchev–Trinajstić information content (AvgIpc) is 2.95. The summed E-state index contributed by atoms with van der Waals surface area (Å²) in [5, 5.41) is 3.40. The Hall–Kier alpha value is -0.460. The number of hydrogen-bond acceptors (Lipinski definition) is 4. The van der Waals surface area contributed by atoms with Crippen molar-refractivity contribution in [1.29, 1.82) is 0 Å². The molecular weight excluding hydrogens is 286 g/mol. The van der Waals surface area contributed by atoms with Gasteiger partial charge in [-0.15, -0.1) is 0 Å². The zero-order chi connectivity index (χ0) is 15.1. The summed E-state index contributed by atoms with van der Waals surface area (Å²) in [4.78, 5) is 6.74. The first-order valence-electron chi connectivity index (χ1n) is 7.90. The van der Waals surface area contributed by atoms with Gasteiger partial charge in [0.2, 0.25) is 0 Å². The normalized spacial score (nSPS) is 26.1. The van der Waals surface area contributed by atoms with E-state index in [1.807, 2.05) is 18.8 Å². The Morgan fingerprint density at radius 1 is 1.52 bits per heavy atom. The van der Waals surface area contributed by atoms with Gasteiger partial charge in [0.05, 0.1) is 19.3 Å². The van der Waals surface area contributed by atoms with Crippen molar-refractivity contribution in [2.45, 2.75) is 37.5 Å². The van der Waals surface area contributed by atoms with Crippen molar-refractivity contribution in [3.8, 4) is 0 Å². The van der Waals surface area contributed by atoms with Crippen LogP contribution in [0.2, 0.25) is 0 Å². The fourth-order valence-corrected chi connectivity index (χ4v) is 3.87. The number of hydrogen-bond donors (Lipinski definition) is 1. The summed E-state index contributed by atoms with van der Waals surface area (Å²) in [7, 11) is 1.85. The van der Waals surface area contributed by atoms with Crippen molar-refractivity contribution < 1.29 is 9.47 Å². The molecule has 1 unspecified atom stereocenters. The maximum Gasteiger partial charge on any atom is 0.193 e. The number of rotatable bonds is 5. The number of thioether (sulfide) groups is 1. The molecule has 21 heavy (non-hydrogen) atoms. The summed E-state index contributed by atoms with van der Waals surface area (Å²) in [5.74, 6) is 2.15. The smallest absolute Gasteiger partial charge is 0.193 e. The topological polar surface area (TPSA) is 46.1 Å². The van der Waals surface area contributed by atoms with Crippen LogP contribution in [0.1, 0.15) is 26.7 Å². The minimum Gasteiger partial charge on any atom is -0.377 e. The summed E-state index contributed by atoms with van der Waals surface area (Å²) < 4.78 is 11.5. The highest BCUT2D eigenvalue weighted by molar-refractivity contribution is 8.00. The molecule has 1 N–H and O–H groups in total. The lowest BCUT2D eigenvalue weighted by atomic mass is 10.2. The van der Waals surface area contributed by atoms with Crippen LogP contribution in [0.5, 0.6) is 0 Å². The maximum atomic E-state index is 5.68. The Labute approximate surface area is 132 Å². The second kappa shape index (κ2) is 8.25. The van der Waals surface area contributed by atoms with Crippen LogP contribution in [-0.2, 0) is 9.47 Å². The average molecular weight is 315 g/mol. The summed E-state index contributed by atoms with van der Waals surface area (Å²) in [6.45, 7) is 9.78. The number of aliphatic imine (C=N–C) groups is 1. The first kappa shape index (κ1) is 16.9. The van der Waals surface area contributed by atoms with E-state index in [-0.39, 0.29) is 0 Å². The maximum absolute atomic E-state index is 5.68. The fourth-order valence-electron chi connectivity index (χ4n) is 2.76. The molecule has 0 spiro atoms. The van der Waals surface area contributed by atoms with Gasteiger partial charge in [0.25, 0.3) is 0 Å². The second-order valence-electron chi connectivity index (χ2n) is 6.21. The predicted molar refractivity (Wildman–Crippen MR) is 89.3 cm³/mol. The monoisotopic (exact) mass is 315 g/mol. The van der Waals surface area contributed by atoms with E-state index in [2.05, 4.69) is 29.1 Å². The van der Waals surface area contributed by atoms with E-state index in [1.165, 1.54) is 6.42 Å². The zero-order valence-corrected chi connectivity index (χ0v) is 14.4. The molecule has 5 nitrogen and oxygen atoms in total. The minimum atomic E-state index is 0.298. The third-order valence-electron chi connectivity index (χ3n) is 3.79. The van der Waals surface area contributed by atoms with Gasteiger partial charge in [0.15, 0.2) is 5.96 Å². The lowest BCUT2D eigenvalue weighted by Gasteiger charge is -2.39. The molecule has 2 heterocycles. The number of nitrogens with one attached hydrogen (secondary N) is 1. The van der Waals surface area contributed by atoms with E-state index in [4.69, 9.17) is 9.47 Å². The third kappa shape index (κ3) is 5.68. The van der Waals surface area contributed by atoms with Crippen LogP contribution < -0.4 is 5.32 Å². The lowest BCUT2D eigenvalue weighted by Crippen LogP contribution is -2.51. The second-order valence-corrected chi connectivity index (χ2v) is 8.02. The van der Waals surface area contributed by atoms with Crippen molar-refractivity contribution in [2.75, 3.05) is 52.3 Å². The fraction of sp³-hybridized carbons (Fsp3) is 0.933. The van der Waals surface area contributed by atoms with Crippen molar-refractivity contribution >= 4 is 17.7 Å². The largest absolute Gasteiger partial charge is 0.377 e. The number of ether oxygens (including phenoxy) is 2. The molecule has 0 aliphatic carbocycles. The zero-order valence-electron chi connectivity index (χ0n) is 13.6. The van der Waals surface area contributed by atoms with Crippen LogP contribution in [0.25, 0.3) is 0 Å². The molecule has 2 rings (SSSR count). The van der Waals surface area contributed by atoms with Crippen LogP contribution in [0, 0.1) is 0 Å². The van der Waals surface area contributed by atoms with Crippen LogP contribution in [0.4, 0.5) is 0 Å². The molecule has 122 valence electrons. The van der Waals surface area contributed by atoms with E-state index in [1.54, 1.807) is 0 Å². The van der Waals surface area contributed by atoms with Crippen LogP contribution in [0.15, 0.2) is 4.99 Å². The summed E-state index contributed by atoms with van der Waals surface area (Å²) in [6, 6.07) is 0. The van der Waals surface area contributed by atoms with Gasteiger partial charge in [-0.3, -0.25) is 4.99 Å². The molecule has 0 radical (unpaired) electrons. The summed E-state index contributed by atoms with van der Waals surface area (Å²) in [5.41, 5.74) is 0.